The second-order valence-electron chi connectivity index (χ2n) is 8.43. The maximum atomic E-state index is 11.1. The SMILES string of the molecule is CC(C)(O)COc1ccc(-n2cc(C(O)c3c(C4CC4)sc4cncn34)nn2)cc1Cl. The molecule has 1 saturated carbocycles. The van der Waals surface area contributed by atoms with E-state index in [9.17, 15) is 10.2 Å². The number of thiazole rings is 1. The minimum atomic E-state index is -0.958. The summed E-state index contributed by atoms with van der Waals surface area (Å²) in [6, 6.07) is 5.23. The standard InChI is InChI=1S/C21H22ClN5O3S/c1-21(2,29)10-30-16-6-5-13(7-14(16)22)27-9-15(24-25-27)19(28)18-20(12-3-4-12)31-17-8-23-11-26(17)18/h5-9,11-12,19,28-29H,3-4,10H2,1-2H3. The van der Waals surface area contributed by atoms with Crippen molar-refractivity contribution < 1.29 is 14.9 Å². The molecule has 2 N–H and O–H groups in total. The summed E-state index contributed by atoms with van der Waals surface area (Å²) in [4.78, 5) is 6.40. The third kappa shape index (κ3) is 4.06. The fourth-order valence-electron chi connectivity index (χ4n) is 3.40. The minimum absolute atomic E-state index is 0.123. The Hall–Kier alpha value is -2.46. The van der Waals surface area contributed by atoms with Crippen LogP contribution in [-0.4, -0.2) is 46.8 Å². The fourth-order valence-corrected chi connectivity index (χ4v) is 4.93. The topological polar surface area (TPSA) is 97.7 Å². The number of hydrogen-bond donors (Lipinski definition) is 2. The molecule has 0 radical (unpaired) electrons. The number of ether oxygens (including phenoxy) is 1. The molecule has 5 rings (SSSR count). The molecule has 3 aromatic heterocycles. The number of benzene rings is 1. The van der Waals surface area contributed by atoms with E-state index >= 15 is 0 Å². The van der Waals surface area contributed by atoms with Gasteiger partial charge in [0.15, 0.2) is 0 Å². The number of fused-ring (bicyclic) bond motifs is 1. The second kappa shape index (κ2) is 7.59. The normalized spacial score (nSPS) is 15.5. The predicted molar refractivity (Wildman–Crippen MR) is 117 cm³/mol. The zero-order chi connectivity index (χ0) is 21.8. The zero-order valence-corrected chi connectivity index (χ0v) is 18.6. The molecule has 0 spiro atoms. The van der Waals surface area contributed by atoms with Gasteiger partial charge in [-0.05, 0) is 50.8 Å². The van der Waals surface area contributed by atoms with Crippen molar-refractivity contribution >= 4 is 27.8 Å². The number of rotatable bonds is 7. The Morgan fingerprint density at radius 2 is 2.16 bits per heavy atom. The van der Waals surface area contributed by atoms with Crippen molar-refractivity contribution in [3.8, 4) is 11.4 Å². The van der Waals surface area contributed by atoms with E-state index in [-0.39, 0.29) is 6.61 Å². The number of hydrogen-bond acceptors (Lipinski definition) is 7. The Labute approximate surface area is 187 Å². The lowest BCUT2D eigenvalue weighted by molar-refractivity contribution is 0.0285. The molecule has 1 unspecified atom stereocenters. The monoisotopic (exact) mass is 459 g/mol. The van der Waals surface area contributed by atoms with E-state index in [2.05, 4.69) is 15.3 Å². The Balaban J connectivity index is 1.41. The van der Waals surface area contributed by atoms with Gasteiger partial charge in [0.1, 0.15) is 35.3 Å². The van der Waals surface area contributed by atoms with Gasteiger partial charge in [-0.15, -0.1) is 16.4 Å². The molecule has 1 atom stereocenters. The number of halogens is 1. The predicted octanol–water partition coefficient (Wildman–Crippen LogP) is 3.74. The Morgan fingerprint density at radius 3 is 2.87 bits per heavy atom. The van der Waals surface area contributed by atoms with Crippen molar-refractivity contribution in [2.45, 2.75) is 44.3 Å². The molecule has 1 aliphatic rings. The molecule has 162 valence electrons. The van der Waals surface area contributed by atoms with E-state index in [0.29, 0.717) is 28.1 Å². The summed E-state index contributed by atoms with van der Waals surface area (Å²) in [6.07, 6.45) is 6.62. The van der Waals surface area contributed by atoms with Gasteiger partial charge in [-0.2, -0.15) is 0 Å². The highest BCUT2D eigenvalue weighted by Crippen LogP contribution is 2.47. The van der Waals surface area contributed by atoms with E-state index in [0.717, 1.165) is 23.4 Å². The first-order valence-corrected chi connectivity index (χ1v) is 11.2. The molecule has 0 bridgehead atoms. The molecular formula is C21H22ClN5O3S. The number of aliphatic hydroxyl groups is 2. The number of aromatic nitrogens is 5. The lowest BCUT2D eigenvalue weighted by Crippen LogP contribution is -2.27. The van der Waals surface area contributed by atoms with Crippen LogP contribution in [0.25, 0.3) is 10.5 Å². The summed E-state index contributed by atoms with van der Waals surface area (Å²) >= 11 is 8.02. The average Bonchev–Trinajstić information content (AvgIpc) is 3.13. The highest BCUT2D eigenvalue weighted by Gasteiger charge is 2.33. The Morgan fingerprint density at radius 1 is 1.35 bits per heavy atom. The summed E-state index contributed by atoms with van der Waals surface area (Å²) in [5.74, 6) is 0.975. The maximum Gasteiger partial charge on any atom is 0.141 e. The van der Waals surface area contributed by atoms with Crippen LogP contribution in [-0.2, 0) is 0 Å². The lowest BCUT2D eigenvalue weighted by atomic mass is 10.1. The highest BCUT2D eigenvalue weighted by atomic mass is 35.5. The Kier molecular flexibility index (Phi) is 5.01. The van der Waals surface area contributed by atoms with Gasteiger partial charge in [-0.1, -0.05) is 16.8 Å². The molecule has 8 nitrogen and oxygen atoms in total. The summed E-state index contributed by atoms with van der Waals surface area (Å²) in [7, 11) is 0. The molecule has 0 amide bonds. The van der Waals surface area contributed by atoms with E-state index < -0.39 is 11.7 Å². The molecule has 0 aliphatic heterocycles. The Bertz CT molecular complexity index is 1240. The molecule has 31 heavy (non-hydrogen) atoms. The molecule has 10 heteroatoms. The van der Waals surface area contributed by atoms with Crippen molar-refractivity contribution in [1.82, 2.24) is 24.4 Å². The van der Waals surface area contributed by atoms with Crippen LogP contribution in [0, 0.1) is 0 Å². The van der Waals surface area contributed by atoms with E-state index in [1.54, 1.807) is 60.6 Å². The van der Waals surface area contributed by atoms with Crippen LogP contribution in [0.4, 0.5) is 0 Å². The van der Waals surface area contributed by atoms with Crippen molar-refractivity contribution in [3.05, 3.63) is 58.2 Å². The van der Waals surface area contributed by atoms with Gasteiger partial charge in [-0.25, -0.2) is 9.67 Å². The quantitative estimate of drug-likeness (QED) is 0.437. The second-order valence-corrected chi connectivity index (χ2v) is 9.90. The maximum absolute atomic E-state index is 11.1. The molecule has 1 aliphatic carbocycles. The lowest BCUT2D eigenvalue weighted by Gasteiger charge is -2.18. The third-order valence-electron chi connectivity index (χ3n) is 5.09. The largest absolute Gasteiger partial charge is 0.489 e. The van der Waals surface area contributed by atoms with Crippen molar-refractivity contribution in [2.24, 2.45) is 0 Å². The van der Waals surface area contributed by atoms with Crippen LogP contribution in [0.1, 0.15) is 55.0 Å². The molecule has 1 aromatic carbocycles. The van der Waals surface area contributed by atoms with Crippen LogP contribution >= 0.6 is 22.9 Å². The van der Waals surface area contributed by atoms with Crippen LogP contribution in [0.5, 0.6) is 5.75 Å². The molecular weight excluding hydrogens is 438 g/mol. The first-order chi connectivity index (χ1) is 14.8. The van der Waals surface area contributed by atoms with Gasteiger partial charge in [0.2, 0.25) is 0 Å². The number of imidazole rings is 1. The molecule has 1 fully saturated rings. The third-order valence-corrected chi connectivity index (χ3v) is 6.66. The van der Waals surface area contributed by atoms with Crippen molar-refractivity contribution in [2.75, 3.05) is 6.61 Å². The molecule has 0 saturated heterocycles. The molecule has 4 aromatic rings. The van der Waals surface area contributed by atoms with Gasteiger partial charge in [0.25, 0.3) is 0 Å². The number of aliphatic hydroxyl groups excluding tert-OH is 1. The van der Waals surface area contributed by atoms with Crippen molar-refractivity contribution in [1.29, 1.82) is 0 Å². The van der Waals surface area contributed by atoms with Gasteiger partial charge in [0, 0.05) is 4.88 Å². The van der Waals surface area contributed by atoms with Gasteiger partial charge in [0.05, 0.1) is 34.4 Å². The van der Waals surface area contributed by atoms with Gasteiger partial charge < -0.3 is 14.9 Å². The van der Waals surface area contributed by atoms with E-state index in [4.69, 9.17) is 16.3 Å². The van der Waals surface area contributed by atoms with Gasteiger partial charge in [-0.3, -0.25) is 4.40 Å². The van der Waals surface area contributed by atoms with Crippen LogP contribution in [0.15, 0.2) is 36.9 Å². The minimum Gasteiger partial charge on any atom is -0.489 e. The number of nitrogens with zero attached hydrogens (tertiary/aromatic N) is 5. The zero-order valence-electron chi connectivity index (χ0n) is 17.1. The first-order valence-electron chi connectivity index (χ1n) is 10.0. The summed E-state index contributed by atoms with van der Waals surface area (Å²) < 4.78 is 9.09. The van der Waals surface area contributed by atoms with Crippen LogP contribution < -0.4 is 4.74 Å². The molecule has 3 heterocycles. The van der Waals surface area contributed by atoms with Crippen LogP contribution in [0.2, 0.25) is 5.02 Å². The van der Waals surface area contributed by atoms with Crippen molar-refractivity contribution in [3.63, 3.8) is 0 Å². The first kappa shape index (κ1) is 20.4. The summed E-state index contributed by atoms with van der Waals surface area (Å²) in [5, 5.41) is 29.7. The summed E-state index contributed by atoms with van der Waals surface area (Å²) in [5.41, 5.74) is 1.00. The van der Waals surface area contributed by atoms with Crippen LogP contribution in [0.3, 0.4) is 0 Å². The van der Waals surface area contributed by atoms with E-state index in [1.165, 1.54) is 4.88 Å². The highest BCUT2D eigenvalue weighted by molar-refractivity contribution is 7.17. The smallest absolute Gasteiger partial charge is 0.141 e. The average molecular weight is 460 g/mol. The summed E-state index contributed by atoms with van der Waals surface area (Å²) in [6.45, 7) is 3.45. The van der Waals surface area contributed by atoms with Gasteiger partial charge >= 0.3 is 0 Å². The fraction of sp³-hybridized carbons (Fsp3) is 0.381. The van der Waals surface area contributed by atoms with E-state index in [1.807, 2.05) is 10.6 Å².